The molecule has 25 heavy (non-hydrogen) atoms. The van der Waals surface area contributed by atoms with Crippen molar-refractivity contribution in [2.45, 2.75) is 26.8 Å². The van der Waals surface area contributed by atoms with E-state index in [1.165, 1.54) is 0 Å². The minimum absolute atomic E-state index is 0.0334. The molecule has 1 fully saturated rings. The van der Waals surface area contributed by atoms with Crippen LogP contribution in [0.5, 0.6) is 0 Å². The molecule has 0 radical (unpaired) electrons. The molecule has 1 amide bonds. The molecule has 1 saturated heterocycles. The van der Waals surface area contributed by atoms with Crippen LogP contribution < -0.4 is 5.32 Å². The van der Waals surface area contributed by atoms with Crippen LogP contribution >= 0.6 is 11.8 Å². The van der Waals surface area contributed by atoms with E-state index in [0.717, 1.165) is 42.3 Å². The molecule has 0 aromatic carbocycles. The molecule has 0 atom stereocenters. The maximum atomic E-state index is 12.4. The monoisotopic (exact) mass is 361 g/mol. The van der Waals surface area contributed by atoms with E-state index < -0.39 is 0 Å². The molecule has 0 aliphatic carbocycles. The van der Waals surface area contributed by atoms with E-state index in [-0.39, 0.29) is 5.91 Å². The van der Waals surface area contributed by atoms with Gasteiger partial charge in [0.1, 0.15) is 0 Å². The van der Waals surface area contributed by atoms with Gasteiger partial charge in [0.2, 0.25) is 5.95 Å². The van der Waals surface area contributed by atoms with Crippen LogP contribution in [0.1, 0.15) is 28.7 Å². The number of carbonyl (C=O) groups is 1. The van der Waals surface area contributed by atoms with Gasteiger partial charge in [0.25, 0.3) is 5.91 Å². The number of aromatic nitrogens is 5. The Hall–Kier alpha value is -2.16. The van der Waals surface area contributed by atoms with Crippen LogP contribution in [0, 0.1) is 6.92 Å². The predicted molar refractivity (Wildman–Crippen MR) is 97.9 cm³/mol. The van der Waals surface area contributed by atoms with Gasteiger partial charge in [0.05, 0.1) is 12.7 Å². The molecule has 1 aliphatic rings. The van der Waals surface area contributed by atoms with Gasteiger partial charge in [-0.25, -0.2) is 14.6 Å². The van der Waals surface area contributed by atoms with E-state index >= 15 is 0 Å². The zero-order valence-corrected chi connectivity index (χ0v) is 15.4. The first-order valence-corrected chi connectivity index (χ1v) is 9.66. The number of amides is 1. The highest BCUT2D eigenvalue weighted by Crippen LogP contribution is 2.12. The fraction of sp³-hybridized carbons (Fsp3) is 0.562. The summed E-state index contributed by atoms with van der Waals surface area (Å²) in [6.07, 6.45) is 4.42. The van der Waals surface area contributed by atoms with E-state index in [0.29, 0.717) is 24.7 Å². The van der Waals surface area contributed by atoms with E-state index in [9.17, 15) is 4.79 Å². The van der Waals surface area contributed by atoms with E-state index in [4.69, 9.17) is 0 Å². The van der Waals surface area contributed by atoms with Gasteiger partial charge in [-0.1, -0.05) is 12.1 Å². The van der Waals surface area contributed by atoms with Crippen molar-refractivity contribution >= 4 is 23.6 Å². The molecule has 1 N–H and O–H groups in total. The van der Waals surface area contributed by atoms with E-state index in [1.54, 1.807) is 10.9 Å². The molecular formula is C16H23N7OS. The van der Waals surface area contributed by atoms with Crippen molar-refractivity contribution in [3.8, 4) is 0 Å². The van der Waals surface area contributed by atoms with Gasteiger partial charge in [-0.2, -0.15) is 11.8 Å². The molecule has 3 heterocycles. The van der Waals surface area contributed by atoms with Crippen LogP contribution in [-0.4, -0.2) is 66.9 Å². The van der Waals surface area contributed by atoms with Gasteiger partial charge in [-0.05, 0) is 18.9 Å². The van der Waals surface area contributed by atoms with Crippen LogP contribution in [0.3, 0.4) is 0 Å². The fourth-order valence-corrected chi connectivity index (χ4v) is 3.54. The summed E-state index contributed by atoms with van der Waals surface area (Å²) >= 11 is 1.87. The summed E-state index contributed by atoms with van der Waals surface area (Å²) in [7, 11) is 0. The molecule has 1 aliphatic heterocycles. The average Bonchev–Trinajstić information content (AvgIpc) is 3.12. The summed E-state index contributed by atoms with van der Waals surface area (Å²) in [5.41, 5.74) is 2.56. The lowest BCUT2D eigenvalue weighted by molar-refractivity contribution is 0.0766. The topological polar surface area (TPSA) is 88.8 Å². The molecule has 0 unspecified atom stereocenters. The molecule has 3 rings (SSSR count). The molecule has 2 aromatic rings. The van der Waals surface area contributed by atoms with E-state index in [1.807, 2.05) is 29.8 Å². The van der Waals surface area contributed by atoms with Crippen molar-refractivity contribution in [2.75, 3.05) is 36.5 Å². The molecule has 0 spiro atoms. The zero-order chi connectivity index (χ0) is 17.6. The second-order valence-electron chi connectivity index (χ2n) is 5.88. The third-order valence-corrected chi connectivity index (χ3v) is 5.03. The first-order chi connectivity index (χ1) is 12.2. The third kappa shape index (κ3) is 4.47. The predicted octanol–water partition coefficient (Wildman–Crippen LogP) is 1.24. The van der Waals surface area contributed by atoms with Crippen molar-refractivity contribution in [3.63, 3.8) is 0 Å². The Bertz CT molecular complexity index is 727. The number of nitrogens with one attached hydrogen (secondary N) is 1. The van der Waals surface area contributed by atoms with Gasteiger partial charge in [0.15, 0.2) is 5.69 Å². The first kappa shape index (κ1) is 17.7. The standard InChI is InChI=1S/C16H23N7OS/c1-3-13-12(2)10-18-16(19-13)17-4-5-23-11-14(20-21-23)15(24)22-6-8-25-9-7-22/h10-11H,3-9H2,1-2H3,(H,17,18,19). The van der Waals surface area contributed by atoms with Crippen LogP contribution in [-0.2, 0) is 13.0 Å². The first-order valence-electron chi connectivity index (χ1n) is 8.51. The van der Waals surface area contributed by atoms with Crippen LogP contribution in [0.2, 0.25) is 0 Å². The smallest absolute Gasteiger partial charge is 0.276 e. The second-order valence-corrected chi connectivity index (χ2v) is 7.10. The summed E-state index contributed by atoms with van der Waals surface area (Å²) in [6.45, 7) is 6.86. The number of nitrogens with zero attached hydrogens (tertiary/aromatic N) is 6. The van der Waals surface area contributed by atoms with Crippen molar-refractivity contribution in [1.29, 1.82) is 0 Å². The van der Waals surface area contributed by atoms with Crippen molar-refractivity contribution < 1.29 is 4.79 Å². The Labute approximate surface area is 151 Å². The SMILES string of the molecule is CCc1nc(NCCn2cc(C(=O)N3CCSCC3)nn2)ncc1C. The van der Waals surface area contributed by atoms with Crippen molar-refractivity contribution in [3.05, 3.63) is 29.3 Å². The molecule has 134 valence electrons. The minimum Gasteiger partial charge on any atom is -0.352 e. The highest BCUT2D eigenvalue weighted by molar-refractivity contribution is 7.99. The fourth-order valence-electron chi connectivity index (χ4n) is 2.64. The lowest BCUT2D eigenvalue weighted by Crippen LogP contribution is -2.38. The minimum atomic E-state index is -0.0334. The van der Waals surface area contributed by atoms with Gasteiger partial charge in [-0.3, -0.25) is 4.79 Å². The lowest BCUT2D eigenvalue weighted by atomic mass is 10.2. The van der Waals surface area contributed by atoms with Gasteiger partial charge < -0.3 is 10.2 Å². The molecule has 2 aromatic heterocycles. The number of hydrogen-bond acceptors (Lipinski definition) is 7. The quantitative estimate of drug-likeness (QED) is 0.828. The number of rotatable bonds is 6. The van der Waals surface area contributed by atoms with Gasteiger partial charge in [-0.15, -0.1) is 5.10 Å². The van der Waals surface area contributed by atoms with Crippen LogP contribution in [0.4, 0.5) is 5.95 Å². The number of thioether (sulfide) groups is 1. The molecule has 9 heteroatoms. The second kappa shape index (κ2) is 8.28. The third-order valence-electron chi connectivity index (χ3n) is 4.09. The van der Waals surface area contributed by atoms with Crippen LogP contribution in [0.25, 0.3) is 0 Å². The Morgan fingerprint density at radius 3 is 2.92 bits per heavy atom. The van der Waals surface area contributed by atoms with Gasteiger partial charge >= 0.3 is 0 Å². The Morgan fingerprint density at radius 1 is 1.36 bits per heavy atom. The number of aryl methyl sites for hydroxylation is 2. The lowest BCUT2D eigenvalue weighted by Gasteiger charge is -2.25. The molecule has 8 nitrogen and oxygen atoms in total. The average molecular weight is 361 g/mol. The molecule has 0 saturated carbocycles. The van der Waals surface area contributed by atoms with Gasteiger partial charge in [0, 0.05) is 43.0 Å². The summed E-state index contributed by atoms with van der Waals surface area (Å²) < 4.78 is 1.67. The summed E-state index contributed by atoms with van der Waals surface area (Å²) in [6, 6.07) is 0. The highest BCUT2D eigenvalue weighted by atomic mass is 32.2. The van der Waals surface area contributed by atoms with Crippen LogP contribution in [0.15, 0.2) is 12.4 Å². The van der Waals surface area contributed by atoms with E-state index in [2.05, 4.69) is 32.5 Å². The molecular weight excluding hydrogens is 338 g/mol. The number of hydrogen-bond donors (Lipinski definition) is 1. The largest absolute Gasteiger partial charge is 0.352 e. The Kier molecular flexibility index (Phi) is 5.85. The Balaban J connectivity index is 1.52. The number of carbonyl (C=O) groups excluding carboxylic acids is 1. The summed E-state index contributed by atoms with van der Waals surface area (Å²) in [5.74, 6) is 2.55. The molecule has 0 bridgehead atoms. The maximum Gasteiger partial charge on any atom is 0.276 e. The highest BCUT2D eigenvalue weighted by Gasteiger charge is 2.20. The summed E-state index contributed by atoms with van der Waals surface area (Å²) in [5, 5.41) is 11.2. The maximum absolute atomic E-state index is 12.4. The zero-order valence-electron chi connectivity index (χ0n) is 14.6. The summed E-state index contributed by atoms with van der Waals surface area (Å²) in [4.78, 5) is 23.0. The normalized spacial score (nSPS) is 14.6. The van der Waals surface area contributed by atoms with Crippen molar-refractivity contribution in [1.82, 2.24) is 29.9 Å². The Morgan fingerprint density at radius 2 is 2.16 bits per heavy atom. The van der Waals surface area contributed by atoms with Crippen molar-refractivity contribution in [2.24, 2.45) is 0 Å². The number of anilines is 1.